The van der Waals surface area contributed by atoms with Gasteiger partial charge >= 0.3 is 6.61 Å². The second kappa shape index (κ2) is 6.40. The highest BCUT2D eigenvalue weighted by Crippen LogP contribution is 2.35. The quantitative estimate of drug-likeness (QED) is 0.637. The van der Waals surface area contributed by atoms with Gasteiger partial charge in [-0.25, -0.2) is 13.8 Å². The third kappa shape index (κ3) is 2.96. The number of aromatic amines is 1. The molecule has 0 fully saturated rings. The van der Waals surface area contributed by atoms with Crippen LogP contribution in [-0.4, -0.2) is 21.7 Å². The molecule has 0 amide bonds. The lowest BCUT2D eigenvalue weighted by atomic mass is 10.00. The Morgan fingerprint density at radius 2 is 2.00 bits per heavy atom. The molecule has 0 aliphatic rings. The van der Waals surface area contributed by atoms with Gasteiger partial charge in [-0.2, -0.15) is 8.78 Å². The normalized spacial score (nSPS) is 12.8. The summed E-state index contributed by atoms with van der Waals surface area (Å²) in [5.41, 5.74) is -0.243. The summed E-state index contributed by atoms with van der Waals surface area (Å²) in [7, 11) is 0. The van der Waals surface area contributed by atoms with Gasteiger partial charge in [0.15, 0.2) is 11.6 Å². The van der Waals surface area contributed by atoms with E-state index in [0.29, 0.717) is 15.5 Å². The summed E-state index contributed by atoms with van der Waals surface area (Å²) in [6.45, 7) is -3.27. The molecule has 1 atom stereocenters. The monoisotopic (exact) mass is 404 g/mol. The second-order valence-electron chi connectivity index (χ2n) is 4.85. The van der Waals surface area contributed by atoms with Crippen molar-refractivity contribution in [1.29, 1.82) is 0 Å². The van der Waals surface area contributed by atoms with Crippen LogP contribution in [0.2, 0.25) is 0 Å². The third-order valence-electron chi connectivity index (χ3n) is 3.40. The predicted molar refractivity (Wildman–Crippen MR) is 80.8 cm³/mol. The maximum Gasteiger partial charge on any atom is 0.387 e. The molecule has 0 radical (unpaired) electrons. The minimum Gasteiger partial charge on any atom is -0.432 e. The first kappa shape index (κ1) is 16.7. The minimum absolute atomic E-state index is 0.144. The van der Waals surface area contributed by atoms with Gasteiger partial charge in [0.1, 0.15) is 17.6 Å². The number of alkyl halides is 2. The van der Waals surface area contributed by atoms with E-state index in [0.717, 1.165) is 12.1 Å². The number of H-pyrrole nitrogens is 1. The van der Waals surface area contributed by atoms with Crippen LogP contribution in [0.5, 0.6) is 5.75 Å². The fourth-order valence-electron chi connectivity index (χ4n) is 2.37. The third-order valence-corrected chi connectivity index (χ3v) is 3.84. The van der Waals surface area contributed by atoms with Crippen molar-refractivity contribution in [3.05, 3.63) is 57.8 Å². The average molecular weight is 405 g/mol. The van der Waals surface area contributed by atoms with Crippen LogP contribution in [0.15, 0.2) is 35.1 Å². The molecule has 0 aliphatic heterocycles. The molecule has 0 spiro atoms. The molecule has 1 unspecified atom stereocenters. The lowest BCUT2D eigenvalue weighted by molar-refractivity contribution is -0.0525. The van der Waals surface area contributed by atoms with Crippen LogP contribution in [-0.2, 0) is 0 Å². The minimum atomic E-state index is -3.27. The summed E-state index contributed by atoms with van der Waals surface area (Å²) in [5.74, 6) is -3.32. The Morgan fingerprint density at radius 1 is 1.25 bits per heavy atom. The first-order valence-corrected chi connectivity index (χ1v) is 7.41. The van der Waals surface area contributed by atoms with Gasteiger partial charge in [-0.3, -0.25) is 0 Å². The molecule has 2 N–H and O–H groups in total. The zero-order chi connectivity index (χ0) is 17.4. The van der Waals surface area contributed by atoms with E-state index in [1.54, 1.807) is 6.07 Å². The van der Waals surface area contributed by atoms with Crippen molar-refractivity contribution >= 4 is 27.0 Å². The van der Waals surface area contributed by atoms with Crippen LogP contribution in [0, 0.1) is 11.6 Å². The van der Waals surface area contributed by atoms with Crippen molar-refractivity contribution in [2.24, 2.45) is 0 Å². The number of rotatable bonds is 4. The van der Waals surface area contributed by atoms with Gasteiger partial charge in [-0.1, -0.05) is 0 Å². The number of nitrogens with zero attached hydrogens (tertiary/aromatic N) is 1. The number of halogens is 5. The molecule has 2 aromatic heterocycles. The van der Waals surface area contributed by atoms with Crippen molar-refractivity contribution in [2.45, 2.75) is 12.7 Å². The Morgan fingerprint density at radius 3 is 2.71 bits per heavy atom. The molecule has 0 bridgehead atoms. The highest BCUT2D eigenvalue weighted by atomic mass is 79.9. The van der Waals surface area contributed by atoms with Gasteiger partial charge in [0.05, 0.1) is 5.56 Å². The number of pyridine rings is 1. The molecular weight excluding hydrogens is 396 g/mol. The summed E-state index contributed by atoms with van der Waals surface area (Å²) >= 11 is 3.21. The Bertz CT molecular complexity index is 901. The molecule has 1 aromatic carbocycles. The van der Waals surface area contributed by atoms with E-state index >= 15 is 0 Å². The van der Waals surface area contributed by atoms with Crippen molar-refractivity contribution in [3.8, 4) is 5.75 Å². The molecule has 4 nitrogen and oxygen atoms in total. The van der Waals surface area contributed by atoms with E-state index in [2.05, 4.69) is 30.6 Å². The second-order valence-corrected chi connectivity index (χ2v) is 5.76. The number of aliphatic hydroxyl groups excluding tert-OH is 1. The zero-order valence-electron chi connectivity index (χ0n) is 11.7. The summed E-state index contributed by atoms with van der Waals surface area (Å²) in [5, 5.41) is 10.8. The van der Waals surface area contributed by atoms with Crippen LogP contribution in [0.4, 0.5) is 17.6 Å². The van der Waals surface area contributed by atoms with Gasteiger partial charge in [-0.15, -0.1) is 0 Å². The van der Waals surface area contributed by atoms with E-state index in [4.69, 9.17) is 0 Å². The number of fused-ring (bicyclic) bond motifs is 1. The average Bonchev–Trinajstić information content (AvgIpc) is 2.92. The Hall–Kier alpha value is -2.13. The van der Waals surface area contributed by atoms with Crippen molar-refractivity contribution in [2.75, 3.05) is 0 Å². The first-order valence-electron chi connectivity index (χ1n) is 6.61. The number of nitrogens with one attached hydrogen (secondary N) is 1. The van der Waals surface area contributed by atoms with Crippen LogP contribution in [0.3, 0.4) is 0 Å². The number of ether oxygens (including phenoxy) is 1. The van der Waals surface area contributed by atoms with Crippen LogP contribution < -0.4 is 4.74 Å². The van der Waals surface area contributed by atoms with E-state index in [1.165, 1.54) is 12.4 Å². The smallest absolute Gasteiger partial charge is 0.387 e. The van der Waals surface area contributed by atoms with Crippen LogP contribution in [0.25, 0.3) is 11.0 Å². The number of aromatic nitrogens is 2. The maximum absolute atomic E-state index is 14.3. The fourth-order valence-corrected chi connectivity index (χ4v) is 2.70. The largest absolute Gasteiger partial charge is 0.432 e. The Balaban J connectivity index is 2.12. The summed E-state index contributed by atoms with van der Waals surface area (Å²) < 4.78 is 57.5. The van der Waals surface area contributed by atoms with E-state index in [1.807, 2.05) is 0 Å². The van der Waals surface area contributed by atoms with Gasteiger partial charge in [0.2, 0.25) is 0 Å². The first-order chi connectivity index (χ1) is 11.4. The number of benzene rings is 1. The Labute approximate surface area is 141 Å². The van der Waals surface area contributed by atoms with Gasteiger partial charge < -0.3 is 14.8 Å². The lowest BCUT2D eigenvalue weighted by Crippen LogP contribution is -2.10. The highest BCUT2D eigenvalue weighted by Gasteiger charge is 2.26. The van der Waals surface area contributed by atoms with Crippen LogP contribution >= 0.6 is 15.9 Å². The molecule has 0 saturated heterocycles. The summed E-state index contributed by atoms with van der Waals surface area (Å²) in [4.78, 5) is 6.82. The predicted octanol–water partition coefficient (Wildman–Crippen LogP) is 4.29. The SMILES string of the molecule is OC(c1c(F)ccc(OC(F)F)c1F)c1c[nH]c2ncc(Br)cc12. The topological polar surface area (TPSA) is 58.1 Å². The van der Waals surface area contributed by atoms with Gasteiger partial charge in [0, 0.05) is 27.8 Å². The number of hydrogen-bond acceptors (Lipinski definition) is 3. The Kier molecular flexibility index (Phi) is 4.46. The van der Waals surface area contributed by atoms with Crippen molar-refractivity contribution < 1.29 is 27.4 Å². The molecule has 3 aromatic rings. The van der Waals surface area contributed by atoms with E-state index in [-0.39, 0.29) is 5.56 Å². The number of aliphatic hydroxyl groups is 1. The standard InChI is InChI=1S/C15H9BrF4N2O2/c16-6-3-7-8(5-22-14(7)21-4-6)13(23)11-9(17)1-2-10(12(11)18)24-15(19)20/h1-5,13,15,23H,(H,21,22). The molecule has 24 heavy (non-hydrogen) atoms. The van der Waals surface area contributed by atoms with Gasteiger partial charge in [-0.05, 0) is 34.1 Å². The lowest BCUT2D eigenvalue weighted by Gasteiger charge is -2.15. The van der Waals surface area contributed by atoms with Crippen LogP contribution in [0.1, 0.15) is 17.2 Å². The number of hydrogen-bond donors (Lipinski definition) is 2. The van der Waals surface area contributed by atoms with Gasteiger partial charge in [0.25, 0.3) is 0 Å². The molecule has 0 saturated carbocycles. The molecular formula is C15H9BrF4N2O2. The maximum atomic E-state index is 14.3. The highest BCUT2D eigenvalue weighted by molar-refractivity contribution is 9.10. The van der Waals surface area contributed by atoms with E-state index in [9.17, 15) is 22.7 Å². The molecule has 9 heteroatoms. The molecule has 0 aliphatic carbocycles. The zero-order valence-corrected chi connectivity index (χ0v) is 13.3. The van der Waals surface area contributed by atoms with Crippen molar-refractivity contribution in [1.82, 2.24) is 9.97 Å². The molecule has 2 heterocycles. The summed E-state index contributed by atoms with van der Waals surface area (Å²) in [6, 6.07) is 3.09. The molecule has 126 valence electrons. The van der Waals surface area contributed by atoms with Crippen molar-refractivity contribution in [3.63, 3.8) is 0 Å². The summed E-state index contributed by atoms with van der Waals surface area (Å²) in [6.07, 6.45) is 1.11. The molecule has 3 rings (SSSR count). The fraction of sp³-hybridized carbons (Fsp3) is 0.133. The van der Waals surface area contributed by atoms with E-state index < -0.39 is 35.7 Å².